The predicted molar refractivity (Wildman–Crippen MR) is 97.3 cm³/mol. The molecule has 142 valence electrons. The summed E-state index contributed by atoms with van der Waals surface area (Å²) in [6.45, 7) is 1.74. The van der Waals surface area contributed by atoms with Gasteiger partial charge in [-0.1, -0.05) is 11.8 Å². The Bertz CT molecular complexity index is 910. The highest BCUT2D eigenvalue weighted by Gasteiger charge is 2.37. The van der Waals surface area contributed by atoms with Crippen LogP contribution in [0.15, 0.2) is 23.4 Å². The van der Waals surface area contributed by atoms with Gasteiger partial charge in [-0.15, -0.1) is 10.2 Å². The molecule has 1 heterocycles. The second kappa shape index (κ2) is 6.91. The minimum atomic E-state index is -0.939. The van der Waals surface area contributed by atoms with Crippen LogP contribution in [0.1, 0.15) is 50.4 Å². The Hall–Kier alpha value is -2.49. The summed E-state index contributed by atoms with van der Waals surface area (Å²) in [4.78, 5) is 22.5. The average molecular weight is 391 g/mol. The van der Waals surface area contributed by atoms with Crippen LogP contribution in [0.5, 0.6) is 0 Å². The molecule has 0 radical (unpaired) electrons. The number of nitrogens with one attached hydrogen (secondary N) is 1. The Labute approximate surface area is 158 Å². The molecule has 2 saturated carbocycles. The van der Waals surface area contributed by atoms with Crippen LogP contribution >= 0.6 is 11.8 Å². The van der Waals surface area contributed by atoms with Crippen LogP contribution in [0.25, 0.3) is 0 Å². The first-order valence-electron chi connectivity index (χ1n) is 8.80. The van der Waals surface area contributed by atoms with Gasteiger partial charge in [-0.3, -0.25) is 14.9 Å². The second-order valence-corrected chi connectivity index (χ2v) is 8.20. The van der Waals surface area contributed by atoms with Gasteiger partial charge >= 0.3 is 5.69 Å². The topological polar surface area (TPSA) is 103 Å². The number of nitrogens with zero attached hydrogens (tertiary/aromatic N) is 4. The molecule has 2 aromatic rings. The summed E-state index contributed by atoms with van der Waals surface area (Å²) in [5.41, 5.74) is -0.487. The van der Waals surface area contributed by atoms with Crippen molar-refractivity contribution in [1.29, 1.82) is 0 Å². The second-order valence-electron chi connectivity index (χ2n) is 6.89. The molecule has 0 bridgehead atoms. The number of rotatable bonds is 7. The predicted octanol–water partition coefficient (Wildman–Crippen LogP) is 3.66. The van der Waals surface area contributed by atoms with Crippen LogP contribution in [-0.4, -0.2) is 30.8 Å². The van der Waals surface area contributed by atoms with Gasteiger partial charge < -0.3 is 9.88 Å². The van der Waals surface area contributed by atoms with E-state index in [4.69, 9.17) is 0 Å². The molecule has 4 rings (SSSR count). The van der Waals surface area contributed by atoms with Gasteiger partial charge in [0.25, 0.3) is 0 Å². The normalized spacial score (nSPS) is 17.6. The fraction of sp³-hybridized carbons (Fsp3) is 0.471. The Kier molecular flexibility index (Phi) is 4.58. The molecule has 27 heavy (non-hydrogen) atoms. The number of hydrogen-bond donors (Lipinski definition) is 1. The summed E-state index contributed by atoms with van der Waals surface area (Å²) in [5.74, 6) is 0.225. The van der Waals surface area contributed by atoms with Gasteiger partial charge in [-0.05, 0) is 44.7 Å². The highest BCUT2D eigenvalue weighted by Crippen LogP contribution is 2.46. The van der Waals surface area contributed by atoms with E-state index in [0.29, 0.717) is 12.0 Å². The molecule has 8 nitrogen and oxygen atoms in total. The summed E-state index contributed by atoms with van der Waals surface area (Å²) >= 11 is 1.31. The van der Waals surface area contributed by atoms with E-state index >= 15 is 0 Å². The molecule has 0 unspecified atom stereocenters. The van der Waals surface area contributed by atoms with E-state index in [-0.39, 0.29) is 11.6 Å². The summed E-state index contributed by atoms with van der Waals surface area (Å²) in [5, 5.41) is 22.3. The van der Waals surface area contributed by atoms with Crippen LogP contribution in [0, 0.1) is 15.9 Å². The lowest BCUT2D eigenvalue weighted by atomic mass is 10.2. The zero-order valence-electron chi connectivity index (χ0n) is 14.6. The van der Waals surface area contributed by atoms with Crippen molar-refractivity contribution in [3.63, 3.8) is 0 Å². The van der Waals surface area contributed by atoms with Crippen LogP contribution in [0.3, 0.4) is 0 Å². The molecule has 10 heteroatoms. The number of halogens is 1. The van der Waals surface area contributed by atoms with Crippen molar-refractivity contribution < 1.29 is 14.1 Å². The molecule has 0 spiro atoms. The lowest BCUT2D eigenvalue weighted by molar-refractivity contribution is -0.387. The van der Waals surface area contributed by atoms with E-state index in [2.05, 4.69) is 20.1 Å². The van der Waals surface area contributed by atoms with Crippen LogP contribution in [0.2, 0.25) is 0 Å². The number of anilines is 1. The maximum Gasteiger partial charge on any atom is 0.306 e. The third kappa shape index (κ3) is 3.80. The van der Waals surface area contributed by atoms with E-state index in [1.54, 1.807) is 6.92 Å². The highest BCUT2D eigenvalue weighted by molar-refractivity contribution is 8.00. The Balaban J connectivity index is 1.46. The quantitative estimate of drug-likeness (QED) is 0.439. The van der Waals surface area contributed by atoms with Crippen molar-refractivity contribution in [3.8, 4) is 0 Å². The molecule has 2 aliphatic rings. The van der Waals surface area contributed by atoms with E-state index in [9.17, 15) is 19.3 Å². The first-order chi connectivity index (χ1) is 12.9. The van der Waals surface area contributed by atoms with Gasteiger partial charge in [-0.2, -0.15) is 4.39 Å². The molecule has 2 fully saturated rings. The van der Waals surface area contributed by atoms with Gasteiger partial charge in [-0.25, -0.2) is 0 Å². The zero-order valence-corrected chi connectivity index (χ0v) is 15.4. The Morgan fingerprint density at radius 1 is 1.37 bits per heavy atom. The number of thioether (sulfide) groups is 1. The fourth-order valence-corrected chi connectivity index (χ4v) is 3.78. The van der Waals surface area contributed by atoms with E-state index in [1.807, 2.05) is 0 Å². The lowest BCUT2D eigenvalue weighted by Gasteiger charge is -2.13. The van der Waals surface area contributed by atoms with Crippen molar-refractivity contribution in [2.75, 3.05) is 5.32 Å². The number of benzene rings is 1. The molecule has 1 N–H and O–H groups in total. The first-order valence-corrected chi connectivity index (χ1v) is 9.68. The van der Waals surface area contributed by atoms with Crippen molar-refractivity contribution in [2.24, 2.45) is 0 Å². The largest absolute Gasteiger partial charge is 0.325 e. The van der Waals surface area contributed by atoms with E-state index in [1.165, 1.54) is 17.8 Å². The minimum absolute atomic E-state index is 0.183. The third-order valence-corrected chi connectivity index (χ3v) is 5.66. The molecule has 1 aromatic carbocycles. The number of nitro groups is 1. The summed E-state index contributed by atoms with van der Waals surface area (Å²) < 4.78 is 15.6. The monoisotopic (exact) mass is 391 g/mol. The number of nitro benzene ring substituents is 1. The van der Waals surface area contributed by atoms with Crippen molar-refractivity contribution in [2.45, 2.75) is 55.0 Å². The van der Waals surface area contributed by atoms with Crippen molar-refractivity contribution >= 4 is 29.0 Å². The van der Waals surface area contributed by atoms with Crippen LogP contribution in [0.4, 0.5) is 15.8 Å². The van der Waals surface area contributed by atoms with Crippen LogP contribution < -0.4 is 5.32 Å². The summed E-state index contributed by atoms with van der Waals surface area (Å²) in [6.07, 6.45) is 4.47. The maximum atomic E-state index is 13.4. The molecule has 1 atom stereocenters. The SMILES string of the molecule is C[C@H](Sc1nnc(C2CC2)n1C1CC1)C(=O)Nc1ccc(F)c([N+](=O)[O-])c1. The van der Waals surface area contributed by atoms with Crippen molar-refractivity contribution in [1.82, 2.24) is 14.8 Å². The minimum Gasteiger partial charge on any atom is -0.325 e. The first kappa shape index (κ1) is 17.9. The average Bonchev–Trinajstić information content (AvgIpc) is 3.55. The molecule has 1 amide bonds. The molecule has 0 aliphatic heterocycles. The van der Waals surface area contributed by atoms with Gasteiger partial charge in [0.15, 0.2) is 5.16 Å². The van der Waals surface area contributed by atoms with Gasteiger partial charge in [0.2, 0.25) is 11.7 Å². The number of carbonyl (C=O) groups is 1. The Morgan fingerprint density at radius 2 is 2.11 bits per heavy atom. The lowest BCUT2D eigenvalue weighted by Crippen LogP contribution is -2.23. The molecule has 0 saturated heterocycles. The third-order valence-electron chi connectivity index (χ3n) is 4.61. The molecular weight excluding hydrogens is 373 g/mol. The Morgan fingerprint density at radius 3 is 2.74 bits per heavy atom. The van der Waals surface area contributed by atoms with Gasteiger partial charge in [0.05, 0.1) is 10.2 Å². The number of aromatic nitrogens is 3. The van der Waals surface area contributed by atoms with E-state index in [0.717, 1.165) is 48.8 Å². The van der Waals surface area contributed by atoms with E-state index < -0.39 is 21.7 Å². The van der Waals surface area contributed by atoms with Crippen molar-refractivity contribution in [3.05, 3.63) is 40.0 Å². The highest BCUT2D eigenvalue weighted by atomic mass is 32.2. The maximum absolute atomic E-state index is 13.4. The van der Waals surface area contributed by atoms with Crippen LogP contribution in [-0.2, 0) is 4.79 Å². The summed E-state index contributed by atoms with van der Waals surface area (Å²) in [7, 11) is 0. The zero-order chi connectivity index (χ0) is 19.1. The standard InChI is InChI=1S/C17H18FN5O3S/c1-9(16(24)19-11-4-7-13(18)14(8-11)23(25)26)27-17-21-20-15(10-2-3-10)22(17)12-5-6-12/h4,7-10,12H,2-3,5-6H2,1H3,(H,19,24)/t9-/m0/s1. The van der Waals surface area contributed by atoms with Gasteiger partial charge in [0, 0.05) is 23.7 Å². The molecule has 1 aromatic heterocycles. The fourth-order valence-electron chi connectivity index (χ4n) is 2.85. The molecular formula is C17H18FN5O3S. The molecule has 2 aliphatic carbocycles. The summed E-state index contributed by atoms with van der Waals surface area (Å²) in [6, 6.07) is 3.71. The number of carbonyl (C=O) groups excluding carboxylic acids is 1. The number of amides is 1. The smallest absolute Gasteiger partial charge is 0.306 e. The number of hydrogen-bond acceptors (Lipinski definition) is 6. The van der Waals surface area contributed by atoms with Gasteiger partial charge in [0.1, 0.15) is 5.82 Å².